The lowest BCUT2D eigenvalue weighted by atomic mass is 9.92. The third kappa shape index (κ3) is 9.03. The first-order chi connectivity index (χ1) is 32.9. The lowest BCUT2D eigenvalue weighted by Gasteiger charge is -2.32. The van der Waals surface area contributed by atoms with Crippen LogP contribution < -0.4 is 9.80 Å². The first-order valence-electron chi connectivity index (χ1n) is 22.2. The molecule has 68 heavy (non-hydrogen) atoms. The van der Waals surface area contributed by atoms with Crippen LogP contribution in [0.4, 0.5) is 28.9 Å². The average Bonchev–Trinajstić information content (AvgIpc) is 3.39. The highest BCUT2D eigenvalue weighted by Gasteiger charge is 2.35. The van der Waals surface area contributed by atoms with Gasteiger partial charge in [0.25, 0.3) is 23.6 Å². The third-order valence-corrected chi connectivity index (χ3v) is 14.6. The molecule has 11 rings (SSSR count). The molecule has 4 amide bonds. The lowest BCUT2D eigenvalue weighted by molar-refractivity contribution is 0.0583. The maximum Gasteiger partial charge on any atom is 0.261 e. The monoisotopic (exact) mass is 1140 g/mol. The highest BCUT2D eigenvalue weighted by atomic mass is 127. The summed E-state index contributed by atoms with van der Waals surface area (Å²) in [5.74, 6) is -6.30. The minimum atomic E-state index is -1.35. The van der Waals surface area contributed by atoms with E-state index in [0.717, 1.165) is 70.2 Å². The van der Waals surface area contributed by atoms with Crippen molar-refractivity contribution in [1.29, 1.82) is 0 Å². The van der Waals surface area contributed by atoms with E-state index in [9.17, 15) is 36.7 Å². The van der Waals surface area contributed by atoms with Crippen molar-refractivity contribution in [3.8, 4) is 0 Å². The van der Waals surface area contributed by atoms with Crippen molar-refractivity contribution in [1.82, 2.24) is 19.8 Å². The van der Waals surface area contributed by atoms with Crippen LogP contribution in [-0.2, 0) is 13.1 Å². The van der Waals surface area contributed by atoms with Gasteiger partial charge in [-0.2, -0.15) is 0 Å². The van der Waals surface area contributed by atoms with Gasteiger partial charge < -0.3 is 9.80 Å². The van der Waals surface area contributed by atoms with E-state index in [0.29, 0.717) is 22.3 Å². The number of carbonyl (C=O) groups is 4. The van der Waals surface area contributed by atoms with Gasteiger partial charge in [-0.05, 0) is 155 Å². The Labute approximate surface area is 416 Å². The first-order valence-corrected chi connectivity index (χ1v) is 24.4. The van der Waals surface area contributed by atoms with Gasteiger partial charge in [-0.25, -0.2) is 17.6 Å². The fourth-order valence-corrected chi connectivity index (χ4v) is 10.2. The molecule has 0 saturated carbocycles. The van der Waals surface area contributed by atoms with Gasteiger partial charge in [0.05, 0.1) is 20.2 Å². The normalized spacial score (nSPS) is 15.6. The number of benzene rings is 5. The second kappa shape index (κ2) is 20.3. The van der Waals surface area contributed by atoms with Crippen molar-refractivity contribution in [2.75, 3.05) is 36.0 Å². The van der Waals surface area contributed by atoms with Crippen LogP contribution in [0.3, 0.4) is 0 Å². The Bertz CT molecular complexity index is 2790. The predicted octanol–water partition coefficient (Wildman–Crippen LogP) is 11.5. The van der Waals surface area contributed by atoms with Crippen LogP contribution in [0, 0.1) is 30.4 Å². The van der Waals surface area contributed by atoms with Crippen LogP contribution in [0.1, 0.15) is 91.1 Å². The van der Waals surface area contributed by atoms with Gasteiger partial charge in [0.1, 0.15) is 0 Å². The summed E-state index contributed by atoms with van der Waals surface area (Å²) >= 11 is 2.41. The second-order valence-electron chi connectivity index (χ2n) is 16.8. The van der Waals surface area contributed by atoms with E-state index in [1.807, 2.05) is 84.9 Å². The summed E-state index contributed by atoms with van der Waals surface area (Å²) < 4.78 is 49.2. The van der Waals surface area contributed by atoms with E-state index in [2.05, 4.69) is 19.8 Å². The summed E-state index contributed by atoms with van der Waals surface area (Å²) in [4.78, 5) is 68.2. The van der Waals surface area contributed by atoms with Crippen LogP contribution in [0.15, 0.2) is 110 Å². The minimum Gasteiger partial charge on any atom is -0.371 e. The minimum absolute atomic E-state index is 0.226. The fourth-order valence-electron chi connectivity index (χ4n) is 9.29. The molecular formula is C52H42F4I2N6O4. The van der Waals surface area contributed by atoms with Crippen molar-refractivity contribution in [3.05, 3.63) is 174 Å². The van der Waals surface area contributed by atoms with Crippen molar-refractivity contribution >= 4 is 102 Å². The van der Waals surface area contributed by atoms with E-state index in [1.165, 1.54) is 93.5 Å². The molecule has 10 nitrogen and oxygen atoms in total. The molecule has 2 aromatic heterocycles. The molecule has 0 spiro atoms. The molecule has 346 valence electrons. The molecule has 0 atom stereocenters. The fraction of sp³-hybridized carbons (Fsp3) is 0.231. The number of halogens is 6. The Balaban J connectivity index is 0.000000138. The van der Waals surface area contributed by atoms with Crippen molar-refractivity contribution in [3.63, 3.8) is 0 Å². The molecule has 0 aliphatic carbocycles. The van der Waals surface area contributed by atoms with E-state index in [-0.39, 0.29) is 36.7 Å². The number of carbonyl (C=O) groups excluding carboxylic acids is 4. The molecule has 6 heterocycles. The standard InChI is InChI=1S/2C23H21N3O2.C6F4I2/c2*27-22-18-6-4-5-17-20(25-13-2-1-3-14-25)8-7-19(21(17)18)23(28)26(22)15-16-9-11-24-12-10-16;7-1-2(8)6(12)4(10)3(9)5(1)11/h2*4-12H,1-3,13-15H2;. The molecule has 16 heteroatoms. The van der Waals surface area contributed by atoms with Gasteiger partial charge in [0, 0.05) is 106 Å². The largest absolute Gasteiger partial charge is 0.371 e. The van der Waals surface area contributed by atoms with Crippen LogP contribution in [0.2, 0.25) is 0 Å². The molecule has 0 radical (unpaired) electrons. The maximum atomic E-state index is 13.2. The van der Waals surface area contributed by atoms with Gasteiger partial charge in [-0.1, -0.05) is 24.3 Å². The predicted molar refractivity (Wildman–Crippen MR) is 269 cm³/mol. The second-order valence-corrected chi connectivity index (χ2v) is 19.0. The highest BCUT2D eigenvalue weighted by Crippen LogP contribution is 2.39. The number of anilines is 2. The van der Waals surface area contributed by atoms with Crippen LogP contribution >= 0.6 is 45.2 Å². The van der Waals surface area contributed by atoms with E-state index < -0.39 is 30.4 Å². The molecule has 2 fully saturated rings. The lowest BCUT2D eigenvalue weighted by Crippen LogP contribution is -2.40. The van der Waals surface area contributed by atoms with Gasteiger partial charge in [0.2, 0.25) is 0 Å². The van der Waals surface area contributed by atoms with E-state index in [4.69, 9.17) is 0 Å². The molecule has 7 aromatic rings. The third-order valence-electron chi connectivity index (χ3n) is 12.7. The Hall–Kier alpha value is -6.02. The summed E-state index contributed by atoms with van der Waals surface area (Å²) in [5, 5.41) is 3.60. The number of hydrogen-bond donors (Lipinski definition) is 0. The Morgan fingerprint density at radius 1 is 0.426 bits per heavy atom. The van der Waals surface area contributed by atoms with Crippen LogP contribution in [0.5, 0.6) is 0 Å². The number of rotatable bonds is 6. The van der Waals surface area contributed by atoms with Gasteiger partial charge in [-0.15, -0.1) is 0 Å². The Morgan fingerprint density at radius 2 is 0.750 bits per heavy atom. The topological polar surface area (TPSA) is 107 Å². The van der Waals surface area contributed by atoms with E-state index in [1.54, 1.807) is 24.8 Å². The summed E-state index contributed by atoms with van der Waals surface area (Å²) in [6.45, 7) is 4.60. The smallest absolute Gasteiger partial charge is 0.261 e. The number of aromatic nitrogens is 2. The zero-order valence-corrected chi connectivity index (χ0v) is 40.8. The molecule has 4 aliphatic rings. The quantitative estimate of drug-likeness (QED) is 0.0533. The summed E-state index contributed by atoms with van der Waals surface area (Å²) in [5.41, 5.74) is 6.47. The number of nitrogens with zero attached hydrogens (tertiary/aromatic N) is 6. The molecular weight excluding hydrogens is 1100 g/mol. The van der Waals surface area contributed by atoms with E-state index >= 15 is 0 Å². The molecule has 0 unspecified atom stereocenters. The van der Waals surface area contributed by atoms with Gasteiger partial charge in [-0.3, -0.25) is 38.9 Å². The molecule has 2 saturated heterocycles. The van der Waals surface area contributed by atoms with Crippen molar-refractivity contribution in [2.45, 2.75) is 51.6 Å². The SMILES string of the molecule is Fc1c(F)c(I)c(F)c(F)c1I.O=C1c2cccc3c(N4CCCCC4)ccc(c23)C(=O)N1Cc1ccncc1.O=C1c2cccc3c(N4CCCCC4)ccc(c23)C(=O)N1Cc1ccncc1. The average molecular weight is 1140 g/mol. The molecule has 0 N–H and O–H groups in total. The number of imide groups is 2. The number of piperidine rings is 2. The Kier molecular flexibility index (Phi) is 14.0. The van der Waals surface area contributed by atoms with Gasteiger partial charge >= 0.3 is 0 Å². The zero-order valence-electron chi connectivity index (χ0n) is 36.5. The van der Waals surface area contributed by atoms with Crippen LogP contribution in [0.25, 0.3) is 21.5 Å². The number of hydrogen-bond acceptors (Lipinski definition) is 8. The van der Waals surface area contributed by atoms with Crippen molar-refractivity contribution in [2.24, 2.45) is 0 Å². The van der Waals surface area contributed by atoms with Gasteiger partial charge in [0.15, 0.2) is 23.3 Å². The number of amides is 4. The highest BCUT2D eigenvalue weighted by molar-refractivity contribution is 14.1. The molecule has 0 bridgehead atoms. The maximum absolute atomic E-state index is 13.2. The zero-order chi connectivity index (χ0) is 47.6. The Morgan fingerprint density at radius 3 is 1.09 bits per heavy atom. The summed E-state index contributed by atoms with van der Waals surface area (Å²) in [7, 11) is 0. The molecule has 5 aromatic carbocycles. The van der Waals surface area contributed by atoms with Crippen molar-refractivity contribution < 1.29 is 36.7 Å². The summed E-state index contributed by atoms with van der Waals surface area (Å²) in [6, 6.07) is 26.8. The first kappa shape index (κ1) is 47.1. The summed E-state index contributed by atoms with van der Waals surface area (Å²) in [6.07, 6.45) is 13.9. The number of pyridine rings is 2. The van der Waals surface area contributed by atoms with Crippen LogP contribution in [-0.4, -0.2) is 69.6 Å². The molecule has 4 aliphatic heterocycles.